The highest BCUT2D eigenvalue weighted by molar-refractivity contribution is 7.10. The van der Waals surface area contributed by atoms with Crippen molar-refractivity contribution in [1.82, 2.24) is 0 Å². The number of anilines is 1. The molecular weight excluding hydrogens is 247 g/mol. The van der Waals surface area contributed by atoms with Gasteiger partial charge in [-0.3, -0.25) is 0 Å². The lowest BCUT2D eigenvalue weighted by molar-refractivity contribution is 0.611. The maximum absolute atomic E-state index is 13.9. The number of nitriles is 1. The number of hydrogen-bond acceptors (Lipinski definition) is 3. The number of hydrogen-bond donors (Lipinski definition) is 0. The Balaban J connectivity index is 1.91. The SMILES string of the molecule is N#Cc1ccc(N2CCc3sccc3C2)c(F)c1. The second-order valence-electron chi connectivity index (χ2n) is 4.32. The fourth-order valence-corrected chi connectivity index (χ4v) is 3.18. The van der Waals surface area contributed by atoms with Crippen molar-refractivity contribution in [3.63, 3.8) is 0 Å². The molecule has 2 nitrogen and oxygen atoms in total. The summed E-state index contributed by atoms with van der Waals surface area (Å²) >= 11 is 1.77. The normalized spacial score (nSPS) is 14.1. The Hall–Kier alpha value is -1.86. The molecule has 0 atom stereocenters. The van der Waals surface area contributed by atoms with Crippen LogP contribution in [0, 0.1) is 17.1 Å². The number of benzene rings is 1. The molecule has 18 heavy (non-hydrogen) atoms. The summed E-state index contributed by atoms with van der Waals surface area (Å²) in [6, 6.07) is 8.73. The van der Waals surface area contributed by atoms with E-state index in [0.29, 0.717) is 11.3 Å². The van der Waals surface area contributed by atoms with E-state index in [1.807, 2.05) is 11.0 Å². The van der Waals surface area contributed by atoms with Crippen LogP contribution in [0.3, 0.4) is 0 Å². The number of nitrogens with zero attached hydrogens (tertiary/aromatic N) is 2. The number of rotatable bonds is 1. The lowest BCUT2D eigenvalue weighted by Gasteiger charge is -2.29. The zero-order chi connectivity index (χ0) is 12.5. The van der Waals surface area contributed by atoms with Crippen molar-refractivity contribution in [2.24, 2.45) is 0 Å². The lowest BCUT2D eigenvalue weighted by atomic mass is 10.1. The van der Waals surface area contributed by atoms with Crippen LogP contribution in [0.15, 0.2) is 29.6 Å². The molecule has 0 bridgehead atoms. The molecule has 1 aliphatic rings. The summed E-state index contributed by atoms with van der Waals surface area (Å²) in [6.07, 6.45) is 0.965. The molecule has 2 heterocycles. The van der Waals surface area contributed by atoms with Crippen molar-refractivity contribution in [2.45, 2.75) is 13.0 Å². The van der Waals surface area contributed by atoms with Crippen LogP contribution in [-0.4, -0.2) is 6.54 Å². The van der Waals surface area contributed by atoms with Gasteiger partial charge < -0.3 is 4.90 Å². The molecule has 0 saturated carbocycles. The summed E-state index contributed by atoms with van der Waals surface area (Å²) in [5.41, 5.74) is 2.24. The molecule has 1 aromatic carbocycles. The Morgan fingerprint density at radius 2 is 2.22 bits per heavy atom. The zero-order valence-electron chi connectivity index (χ0n) is 9.69. The predicted molar refractivity (Wildman–Crippen MR) is 70.2 cm³/mol. The first-order valence-corrected chi connectivity index (χ1v) is 6.66. The van der Waals surface area contributed by atoms with Crippen molar-refractivity contribution in [2.75, 3.05) is 11.4 Å². The van der Waals surface area contributed by atoms with E-state index in [9.17, 15) is 4.39 Å². The van der Waals surface area contributed by atoms with Crippen LogP contribution < -0.4 is 4.90 Å². The molecule has 0 unspecified atom stereocenters. The average Bonchev–Trinajstić information content (AvgIpc) is 2.85. The fourth-order valence-electron chi connectivity index (χ4n) is 2.29. The molecule has 0 spiro atoms. The molecule has 90 valence electrons. The summed E-state index contributed by atoms with van der Waals surface area (Å²) in [7, 11) is 0. The molecule has 2 aromatic rings. The fraction of sp³-hybridized carbons (Fsp3) is 0.214. The quantitative estimate of drug-likeness (QED) is 0.784. The van der Waals surface area contributed by atoms with Crippen molar-refractivity contribution in [3.8, 4) is 6.07 Å². The minimum Gasteiger partial charge on any atom is -0.364 e. The van der Waals surface area contributed by atoms with Gasteiger partial charge in [0.2, 0.25) is 0 Å². The minimum absolute atomic E-state index is 0.312. The first-order valence-electron chi connectivity index (χ1n) is 5.78. The van der Waals surface area contributed by atoms with Crippen molar-refractivity contribution in [3.05, 3.63) is 51.5 Å². The van der Waals surface area contributed by atoms with E-state index < -0.39 is 0 Å². The minimum atomic E-state index is -0.312. The maximum atomic E-state index is 13.9. The molecule has 0 amide bonds. The van der Waals surface area contributed by atoms with Crippen molar-refractivity contribution < 1.29 is 4.39 Å². The predicted octanol–water partition coefficient (Wildman–Crippen LogP) is 3.32. The summed E-state index contributed by atoms with van der Waals surface area (Å²) in [5, 5.41) is 10.8. The highest BCUT2D eigenvalue weighted by Gasteiger charge is 2.19. The smallest absolute Gasteiger partial charge is 0.147 e. The van der Waals surface area contributed by atoms with E-state index in [1.54, 1.807) is 23.5 Å². The molecule has 3 rings (SSSR count). The van der Waals surface area contributed by atoms with E-state index in [4.69, 9.17) is 5.26 Å². The maximum Gasteiger partial charge on any atom is 0.147 e. The largest absolute Gasteiger partial charge is 0.364 e. The number of halogens is 1. The van der Waals surface area contributed by atoms with Crippen LogP contribution in [0.5, 0.6) is 0 Å². The Kier molecular flexibility index (Phi) is 2.77. The summed E-state index contributed by atoms with van der Waals surface area (Å²) in [6.45, 7) is 1.58. The van der Waals surface area contributed by atoms with Gasteiger partial charge in [-0.1, -0.05) is 0 Å². The third-order valence-corrected chi connectivity index (χ3v) is 4.25. The molecule has 1 aliphatic heterocycles. The Morgan fingerprint density at radius 1 is 1.33 bits per heavy atom. The first kappa shape index (κ1) is 11.2. The van der Waals surface area contributed by atoms with Gasteiger partial charge in [-0.2, -0.15) is 5.26 Å². The van der Waals surface area contributed by atoms with E-state index in [1.165, 1.54) is 16.5 Å². The van der Waals surface area contributed by atoms with Crippen LogP contribution in [0.4, 0.5) is 10.1 Å². The van der Waals surface area contributed by atoms with Gasteiger partial charge in [0.25, 0.3) is 0 Å². The van der Waals surface area contributed by atoms with Gasteiger partial charge in [0.15, 0.2) is 0 Å². The summed E-state index contributed by atoms with van der Waals surface area (Å²) in [5.74, 6) is -0.312. The molecule has 0 aliphatic carbocycles. The molecule has 0 saturated heterocycles. The first-order chi connectivity index (χ1) is 8.78. The van der Waals surface area contributed by atoms with Gasteiger partial charge in [-0.25, -0.2) is 4.39 Å². The zero-order valence-corrected chi connectivity index (χ0v) is 10.5. The molecule has 0 fully saturated rings. The highest BCUT2D eigenvalue weighted by Crippen LogP contribution is 2.29. The number of thiophene rings is 1. The van der Waals surface area contributed by atoms with Gasteiger partial charge in [0.1, 0.15) is 5.82 Å². The monoisotopic (exact) mass is 258 g/mol. The molecule has 1 aromatic heterocycles. The van der Waals surface area contributed by atoms with Crippen molar-refractivity contribution >= 4 is 17.0 Å². The van der Waals surface area contributed by atoms with Crippen LogP contribution in [0.1, 0.15) is 16.0 Å². The van der Waals surface area contributed by atoms with E-state index >= 15 is 0 Å². The van der Waals surface area contributed by atoms with Gasteiger partial charge in [-0.15, -0.1) is 11.3 Å². The van der Waals surface area contributed by atoms with E-state index in [-0.39, 0.29) is 5.82 Å². The Labute approximate surface area is 109 Å². The Morgan fingerprint density at radius 3 is 3.00 bits per heavy atom. The summed E-state index contributed by atoms with van der Waals surface area (Å²) in [4.78, 5) is 3.44. The second-order valence-corrected chi connectivity index (χ2v) is 5.32. The van der Waals surface area contributed by atoms with Gasteiger partial charge in [-0.05, 0) is 41.6 Å². The topological polar surface area (TPSA) is 27.0 Å². The van der Waals surface area contributed by atoms with Gasteiger partial charge in [0, 0.05) is 18.0 Å². The van der Waals surface area contributed by atoms with Crippen LogP contribution in [-0.2, 0) is 13.0 Å². The van der Waals surface area contributed by atoms with Crippen LogP contribution in [0.25, 0.3) is 0 Å². The molecular formula is C14H11FN2S. The van der Waals surface area contributed by atoms with Gasteiger partial charge in [0.05, 0.1) is 17.3 Å². The molecule has 4 heteroatoms. The standard InChI is InChI=1S/C14H11FN2S/c15-12-7-10(8-16)1-2-13(12)17-5-3-14-11(9-17)4-6-18-14/h1-2,4,6-7H,3,5,9H2. The Bertz CT molecular complexity index is 627. The third kappa shape index (κ3) is 1.87. The van der Waals surface area contributed by atoms with E-state index in [2.05, 4.69) is 11.4 Å². The highest BCUT2D eigenvalue weighted by atomic mass is 32.1. The molecule has 0 N–H and O–H groups in total. The third-order valence-electron chi connectivity index (χ3n) is 3.23. The van der Waals surface area contributed by atoms with Crippen molar-refractivity contribution in [1.29, 1.82) is 5.26 Å². The lowest BCUT2D eigenvalue weighted by Crippen LogP contribution is -2.30. The summed E-state index contributed by atoms with van der Waals surface area (Å²) < 4.78 is 13.9. The molecule has 0 radical (unpaired) electrons. The van der Waals surface area contributed by atoms with Crippen LogP contribution >= 0.6 is 11.3 Å². The van der Waals surface area contributed by atoms with Crippen LogP contribution in [0.2, 0.25) is 0 Å². The second kappa shape index (κ2) is 4.43. The van der Waals surface area contributed by atoms with E-state index in [0.717, 1.165) is 19.5 Å². The average molecular weight is 258 g/mol. The number of fused-ring (bicyclic) bond motifs is 1. The van der Waals surface area contributed by atoms with Gasteiger partial charge >= 0.3 is 0 Å².